The summed E-state index contributed by atoms with van der Waals surface area (Å²) in [6.45, 7) is 0. The Morgan fingerprint density at radius 1 is 0.600 bits per heavy atom. The summed E-state index contributed by atoms with van der Waals surface area (Å²) in [5.41, 5.74) is 1.19. The first kappa shape index (κ1) is 20.5. The van der Waals surface area contributed by atoms with Gasteiger partial charge in [0.25, 0.3) is 0 Å². The molecule has 0 aliphatic heterocycles. The van der Waals surface area contributed by atoms with Crippen LogP contribution in [-0.2, 0) is 16.3 Å². The van der Waals surface area contributed by atoms with Crippen LogP contribution in [0.3, 0.4) is 0 Å². The van der Waals surface area contributed by atoms with Gasteiger partial charge in [-0.2, -0.15) is 0 Å². The van der Waals surface area contributed by atoms with Crippen LogP contribution < -0.4 is 15.9 Å². The van der Waals surface area contributed by atoms with Gasteiger partial charge in [0.05, 0.1) is 0 Å². The van der Waals surface area contributed by atoms with Crippen LogP contribution >= 0.6 is 7.26 Å². The SMILES string of the molecule is O=S(=O)(O)c1cccc([PH](Cc2ccccc2)(c2ccccc2)c2ccccc2)c1. The molecule has 0 aliphatic rings. The van der Waals surface area contributed by atoms with Gasteiger partial charge < -0.3 is 0 Å². The predicted molar refractivity (Wildman–Crippen MR) is 127 cm³/mol. The van der Waals surface area contributed by atoms with Crippen molar-refractivity contribution >= 4 is 33.3 Å². The van der Waals surface area contributed by atoms with E-state index in [9.17, 15) is 13.0 Å². The van der Waals surface area contributed by atoms with Gasteiger partial charge in [-0.1, -0.05) is 0 Å². The molecule has 0 aliphatic carbocycles. The quantitative estimate of drug-likeness (QED) is 0.366. The molecular weight excluding hydrogens is 411 g/mol. The second-order valence-electron chi connectivity index (χ2n) is 7.30. The average Bonchev–Trinajstić information content (AvgIpc) is 2.79. The first-order valence-electron chi connectivity index (χ1n) is 9.73. The molecule has 0 fully saturated rings. The standard InChI is InChI=1S/C25H23O3PS/c26-30(27,28)25-18-10-17-24(19-25)29(22-13-6-2-7-14-22,23-15-8-3-9-16-23)20-21-11-4-1-5-12-21/h1-19,29H,20H2,(H,26,27,28). The predicted octanol–water partition coefficient (Wildman–Crippen LogP) is 4.16. The van der Waals surface area contributed by atoms with E-state index in [4.69, 9.17) is 0 Å². The Bertz CT molecular complexity index is 1190. The summed E-state index contributed by atoms with van der Waals surface area (Å²) in [5, 5.41) is 3.32. The molecule has 0 spiro atoms. The molecule has 0 aromatic heterocycles. The van der Waals surface area contributed by atoms with Crippen LogP contribution in [0.1, 0.15) is 5.56 Å². The van der Waals surface area contributed by atoms with Crippen molar-refractivity contribution in [2.75, 3.05) is 0 Å². The fourth-order valence-electron chi connectivity index (χ4n) is 4.08. The molecule has 0 radical (unpaired) electrons. The van der Waals surface area contributed by atoms with Crippen LogP contribution in [-0.4, -0.2) is 13.0 Å². The summed E-state index contributed by atoms with van der Waals surface area (Å²) >= 11 is 0. The number of hydrogen-bond acceptors (Lipinski definition) is 2. The van der Waals surface area contributed by atoms with Crippen molar-refractivity contribution in [1.82, 2.24) is 0 Å². The maximum atomic E-state index is 11.9. The van der Waals surface area contributed by atoms with Gasteiger partial charge in [0.1, 0.15) is 0 Å². The van der Waals surface area contributed by atoms with Crippen molar-refractivity contribution in [3.8, 4) is 0 Å². The average molecular weight is 434 g/mol. The van der Waals surface area contributed by atoms with Crippen LogP contribution in [0.15, 0.2) is 120 Å². The maximum absolute atomic E-state index is 11.9. The zero-order valence-corrected chi connectivity index (χ0v) is 18.2. The molecule has 0 saturated heterocycles. The van der Waals surface area contributed by atoms with E-state index >= 15 is 0 Å². The molecule has 5 heteroatoms. The van der Waals surface area contributed by atoms with E-state index in [2.05, 4.69) is 36.4 Å². The molecule has 4 aromatic carbocycles. The Labute approximate surface area is 178 Å². The molecule has 152 valence electrons. The molecule has 3 nitrogen and oxygen atoms in total. The molecule has 0 amide bonds. The topological polar surface area (TPSA) is 54.4 Å². The van der Waals surface area contributed by atoms with E-state index in [0.717, 1.165) is 11.5 Å². The van der Waals surface area contributed by atoms with Crippen LogP contribution in [0, 0.1) is 0 Å². The zero-order valence-electron chi connectivity index (χ0n) is 16.3. The first-order chi connectivity index (χ1) is 14.5. The molecule has 4 rings (SSSR count). The van der Waals surface area contributed by atoms with Crippen LogP contribution in [0.5, 0.6) is 0 Å². The van der Waals surface area contributed by atoms with Gasteiger partial charge in [-0.15, -0.1) is 0 Å². The summed E-state index contributed by atoms with van der Waals surface area (Å²) < 4.78 is 33.5. The monoisotopic (exact) mass is 434 g/mol. The van der Waals surface area contributed by atoms with Crippen LogP contribution in [0.4, 0.5) is 0 Å². The van der Waals surface area contributed by atoms with Crippen molar-refractivity contribution in [3.63, 3.8) is 0 Å². The Hall–Kier alpha value is -2.78. The van der Waals surface area contributed by atoms with Crippen LogP contribution in [0.2, 0.25) is 0 Å². The Morgan fingerprint density at radius 2 is 1.07 bits per heavy atom. The third-order valence-electron chi connectivity index (χ3n) is 5.47. The minimum absolute atomic E-state index is 0.0724. The summed E-state index contributed by atoms with van der Waals surface area (Å²) in [6, 6.07) is 37.7. The molecule has 0 saturated carbocycles. The van der Waals surface area contributed by atoms with Gasteiger partial charge >= 0.3 is 178 Å². The van der Waals surface area contributed by atoms with Crippen LogP contribution in [0.25, 0.3) is 0 Å². The molecular formula is C25H23O3PS. The van der Waals surface area contributed by atoms with Crippen molar-refractivity contribution in [1.29, 1.82) is 0 Å². The molecule has 1 N–H and O–H groups in total. The fraction of sp³-hybridized carbons (Fsp3) is 0.0400. The second-order valence-corrected chi connectivity index (χ2v) is 12.6. The van der Waals surface area contributed by atoms with E-state index in [1.54, 1.807) is 12.1 Å². The Balaban J connectivity index is 2.05. The molecule has 4 aromatic rings. The first-order valence-corrected chi connectivity index (χ1v) is 13.4. The summed E-state index contributed by atoms with van der Waals surface area (Å²) in [7, 11) is -6.95. The Morgan fingerprint density at radius 3 is 1.57 bits per heavy atom. The van der Waals surface area contributed by atoms with E-state index in [0.29, 0.717) is 0 Å². The van der Waals surface area contributed by atoms with Gasteiger partial charge in [-0.3, -0.25) is 0 Å². The second kappa shape index (κ2) is 8.53. The zero-order chi connectivity index (χ0) is 21.0. The van der Waals surface area contributed by atoms with Gasteiger partial charge in [0.2, 0.25) is 0 Å². The molecule has 30 heavy (non-hydrogen) atoms. The van der Waals surface area contributed by atoms with Crippen molar-refractivity contribution in [3.05, 3.63) is 121 Å². The normalized spacial score (nSPS) is 12.4. The van der Waals surface area contributed by atoms with Crippen molar-refractivity contribution in [2.24, 2.45) is 0 Å². The van der Waals surface area contributed by atoms with E-state index in [-0.39, 0.29) is 4.90 Å². The van der Waals surface area contributed by atoms with Gasteiger partial charge in [-0.25, -0.2) is 0 Å². The van der Waals surface area contributed by atoms with E-state index in [1.165, 1.54) is 22.2 Å². The number of hydrogen-bond donors (Lipinski definition) is 1. The van der Waals surface area contributed by atoms with Gasteiger partial charge in [0.15, 0.2) is 0 Å². The molecule has 0 unspecified atom stereocenters. The fourth-order valence-corrected chi connectivity index (χ4v) is 9.47. The number of benzene rings is 4. The third-order valence-corrected chi connectivity index (χ3v) is 11.2. The minimum atomic E-state index is -4.30. The third kappa shape index (κ3) is 4.08. The van der Waals surface area contributed by atoms with E-state index in [1.807, 2.05) is 60.7 Å². The van der Waals surface area contributed by atoms with Crippen molar-refractivity contribution < 1.29 is 13.0 Å². The molecule has 0 bridgehead atoms. The van der Waals surface area contributed by atoms with Crippen molar-refractivity contribution in [2.45, 2.75) is 11.1 Å². The summed E-state index contributed by atoms with van der Waals surface area (Å²) in [4.78, 5) is -0.0724. The summed E-state index contributed by atoms with van der Waals surface area (Å²) in [5.74, 6) is 0. The molecule has 0 heterocycles. The van der Waals surface area contributed by atoms with Gasteiger partial charge in [-0.05, 0) is 0 Å². The molecule has 0 atom stereocenters. The van der Waals surface area contributed by atoms with Gasteiger partial charge in [0, 0.05) is 0 Å². The number of rotatable bonds is 6. The summed E-state index contributed by atoms with van der Waals surface area (Å²) in [6.07, 6.45) is 0.775. The van der Waals surface area contributed by atoms with E-state index < -0.39 is 17.4 Å². The Kier molecular flexibility index (Phi) is 5.83.